The van der Waals surface area contributed by atoms with Crippen LogP contribution in [-0.2, 0) is 11.3 Å². The minimum absolute atomic E-state index is 0.0688. The van der Waals surface area contributed by atoms with E-state index in [-0.39, 0.29) is 11.8 Å². The lowest BCUT2D eigenvalue weighted by Crippen LogP contribution is -2.31. The molecule has 4 nitrogen and oxygen atoms in total. The van der Waals surface area contributed by atoms with Crippen LogP contribution in [0.1, 0.15) is 28.8 Å². The molecule has 25 heavy (non-hydrogen) atoms. The largest absolute Gasteiger partial charge is 0.338 e. The third kappa shape index (κ3) is 3.97. The SMILES string of the molecule is C=CCN(C(=O)c1cccc(CN2CCCC2=O)c1)c1ccccc1. The molecule has 4 heteroatoms. The summed E-state index contributed by atoms with van der Waals surface area (Å²) in [5.41, 5.74) is 2.44. The van der Waals surface area contributed by atoms with Crippen LogP contribution in [0.15, 0.2) is 67.3 Å². The van der Waals surface area contributed by atoms with Crippen LogP contribution in [0.4, 0.5) is 5.69 Å². The van der Waals surface area contributed by atoms with E-state index in [1.807, 2.05) is 59.5 Å². The Bertz CT molecular complexity index is 770. The molecular weight excluding hydrogens is 312 g/mol. The van der Waals surface area contributed by atoms with Gasteiger partial charge in [-0.3, -0.25) is 9.59 Å². The maximum atomic E-state index is 13.0. The van der Waals surface area contributed by atoms with Crippen LogP contribution in [0, 0.1) is 0 Å². The van der Waals surface area contributed by atoms with Crippen molar-refractivity contribution in [2.75, 3.05) is 18.0 Å². The number of rotatable bonds is 6. The Morgan fingerprint density at radius 3 is 2.64 bits per heavy atom. The fourth-order valence-corrected chi connectivity index (χ4v) is 3.09. The number of nitrogens with zero attached hydrogens (tertiary/aromatic N) is 2. The molecule has 3 rings (SSSR count). The van der Waals surface area contributed by atoms with Gasteiger partial charge in [0.1, 0.15) is 0 Å². The topological polar surface area (TPSA) is 40.6 Å². The summed E-state index contributed by atoms with van der Waals surface area (Å²) in [4.78, 5) is 28.4. The molecule has 0 aromatic heterocycles. The van der Waals surface area contributed by atoms with Crippen LogP contribution in [0.2, 0.25) is 0 Å². The molecule has 0 bridgehead atoms. The van der Waals surface area contributed by atoms with Gasteiger partial charge in [-0.15, -0.1) is 6.58 Å². The van der Waals surface area contributed by atoms with E-state index in [0.29, 0.717) is 25.1 Å². The zero-order valence-electron chi connectivity index (χ0n) is 14.2. The van der Waals surface area contributed by atoms with Crippen LogP contribution in [-0.4, -0.2) is 29.8 Å². The molecule has 1 heterocycles. The third-order valence-electron chi connectivity index (χ3n) is 4.34. The Balaban J connectivity index is 1.82. The van der Waals surface area contributed by atoms with Crippen molar-refractivity contribution in [3.05, 3.63) is 78.4 Å². The second-order valence-corrected chi connectivity index (χ2v) is 6.16. The molecule has 0 radical (unpaired) electrons. The predicted molar refractivity (Wildman–Crippen MR) is 99.4 cm³/mol. The summed E-state index contributed by atoms with van der Waals surface area (Å²) in [6.45, 7) is 5.56. The van der Waals surface area contributed by atoms with E-state index >= 15 is 0 Å². The highest BCUT2D eigenvalue weighted by Crippen LogP contribution is 2.19. The van der Waals surface area contributed by atoms with E-state index in [9.17, 15) is 9.59 Å². The number of benzene rings is 2. The number of para-hydroxylation sites is 1. The summed E-state index contributed by atoms with van der Waals surface area (Å²) < 4.78 is 0. The Morgan fingerprint density at radius 2 is 1.96 bits per heavy atom. The van der Waals surface area contributed by atoms with Gasteiger partial charge in [0.2, 0.25) is 5.91 Å². The van der Waals surface area contributed by atoms with Crippen LogP contribution >= 0.6 is 0 Å². The Labute approximate surface area is 148 Å². The Morgan fingerprint density at radius 1 is 1.16 bits per heavy atom. The van der Waals surface area contributed by atoms with Gasteiger partial charge in [-0.1, -0.05) is 36.4 Å². The molecule has 128 valence electrons. The van der Waals surface area contributed by atoms with Gasteiger partial charge in [0, 0.05) is 37.3 Å². The van der Waals surface area contributed by atoms with Crippen molar-refractivity contribution in [3.8, 4) is 0 Å². The van der Waals surface area contributed by atoms with Crippen molar-refractivity contribution in [2.24, 2.45) is 0 Å². The monoisotopic (exact) mass is 334 g/mol. The quantitative estimate of drug-likeness (QED) is 0.757. The number of carbonyl (C=O) groups excluding carboxylic acids is 2. The molecule has 0 spiro atoms. The van der Waals surface area contributed by atoms with Gasteiger partial charge in [-0.25, -0.2) is 0 Å². The minimum atomic E-state index is -0.0688. The van der Waals surface area contributed by atoms with E-state index in [4.69, 9.17) is 0 Å². The van der Waals surface area contributed by atoms with Gasteiger partial charge in [0.15, 0.2) is 0 Å². The molecule has 1 fully saturated rings. The second-order valence-electron chi connectivity index (χ2n) is 6.16. The van der Waals surface area contributed by atoms with Gasteiger partial charge >= 0.3 is 0 Å². The average Bonchev–Trinajstić information content (AvgIpc) is 3.05. The summed E-state index contributed by atoms with van der Waals surface area (Å²) in [5.74, 6) is 0.120. The molecule has 1 aliphatic heterocycles. The normalized spacial score (nSPS) is 13.8. The lowest BCUT2D eigenvalue weighted by molar-refractivity contribution is -0.128. The number of amides is 2. The Kier molecular flexibility index (Phi) is 5.29. The summed E-state index contributed by atoms with van der Waals surface area (Å²) in [7, 11) is 0. The standard InChI is InChI=1S/C21H22N2O2/c1-2-13-23(19-10-4-3-5-11-19)21(25)18-9-6-8-17(15-18)16-22-14-7-12-20(22)24/h2-6,8-11,15H,1,7,12-14,16H2. The van der Waals surface area contributed by atoms with Crippen molar-refractivity contribution in [1.82, 2.24) is 4.90 Å². The maximum Gasteiger partial charge on any atom is 0.258 e. The zero-order chi connectivity index (χ0) is 17.6. The van der Waals surface area contributed by atoms with Gasteiger partial charge in [-0.2, -0.15) is 0 Å². The Hall–Kier alpha value is -2.88. The van der Waals surface area contributed by atoms with Gasteiger partial charge in [-0.05, 0) is 36.2 Å². The van der Waals surface area contributed by atoms with E-state index in [2.05, 4.69) is 6.58 Å². The molecule has 2 aromatic carbocycles. The fourth-order valence-electron chi connectivity index (χ4n) is 3.09. The molecule has 2 aromatic rings. The van der Waals surface area contributed by atoms with E-state index in [1.54, 1.807) is 11.0 Å². The number of hydrogen-bond acceptors (Lipinski definition) is 2. The second kappa shape index (κ2) is 7.79. The molecular formula is C21H22N2O2. The predicted octanol–water partition coefficient (Wildman–Crippen LogP) is 3.64. The first-order valence-electron chi connectivity index (χ1n) is 8.53. The van der Waals surface area contributed by atoms with Gasteiger partial charge in [0.25, 0.3) is 5.91 Å². The van der Waals surface area contributed by atoms with Crippen molar-refractivity contribution >= 4 is 17.5 Å². The lowest BCUT2D eigenvalue weighted by Gasteiger charge is -2.22. The first kappa shape index (κ1) is 17.0. The highest BCUT2D eigenvalue weighted by atomic mass is 16.2. The minimum Gasteiger partial charge on any atom is -0.338 e. The molecule has 0 N–H and O–H groups in total. The lowest BCUT2D eigenvalue weighted by atomic mass is 10.1. The van der Waals surface area contributed by atoms with E-state index in [1.165, 1.54) is 0 Å². The van der Waals surface area contributed by atoms with Crippen molar-refractivity contribution in [1.29, 1.82) is 0 Å². The van der Waals surface area contributed by atoms with Gasteiger partial charge in [0.05, 0.1) is 0 Å². The van der Waals surface area contributed by atoms with Crippen molar-refractivity contribution < 1.29 is 9.59 Å². The van der Waals surface area contributed by atoms with E-state index in [0.717, 1.165) is 24.2 Å². The first-order chi connectivity index (χ1) is 12.2. The summed E-state index contributed by atoms with van der Waals surface area (Å²) in [6, 6.07) is 17.1. The fraction of sp³-hybridized carbons (Fsp3) is 0.238. The summed E-state index contributed by atoms with van der Waals surface area (Å²) >= 11 is 0. The highest BCUT2D eigenvalue weighted by molar-refractivity contribution is 6.06. The smallest absolute Gasteiger partial charge is 0.258 e. The number of carbonyl (C=O) groups is 2. The highest BCUT2D eigenvalue weighted by Gasteiger charge is 2.21. The summed E-state index contributed by atoms with van der Waals surface area (Å²) in [6.07, 6.45) is 3.26. The molecule has 1 aliphatic rings. The third-order valence-corrected chi connectivity index (χ3v) is 4.34. The van der Waals surface area contributed by atoms with Crippen LogP contribution in [0.3, 0.4) is 0 Å². The summed E-state index contributed by atoms with van der Waals surface area (Å²) in [5, 5.41) is 0. The maximum absolute atomic E-state index is 13.0. The van der Waals surface area contributed by atoms with Crippen LogP contribution < -0.4 is 4.90 Å². The van der Waals surface area contributed by atoms with E-state index < -0.39 is 0 Å². The molecule has 0 atom stereocenters. The molecule has 0 saturated carbocycles. The number of hydrogen-bond donors (Lipinski definition) is 0. The first-order valence-corrected chi connectivity index (χ1v) is 8.53. The molecule has 1 saturated heterocycles. The average molecular weight is 334 g/mol. The van der Waals surface area contributed by atoms with Gasteiger partial charge < -0.3 is 9.80 Å². The van der Waals surface area contributed by atoms with Crippen LogP contribution in [0.25, 0.3) is 0 Å². The number of anilines is 1. The van der Waals surface area contributed by atoms with Crippen molar-refractivity contribution in [3.63, 3.8) is 0 Å². The zero-order valence-corrected chi connectivity index (χ0v) is 14.2. The molecule has 0 aliphatic carbocycles. The van der Waals surface area contributed by atoms with Crippen molar-refractivity contribution in [2.45, 2.75) is 19.4 Å². The number of likely N-dealkylation sites (tertiary alicyclic amines) is 1. The van der Waals surface area contributed by atoms with Crippen LogP contribution in [0.5, 0.6) is 0 Å². The molecule has 0 unspecified atom stereocenters. The molecule has 2 amide bonds.